The molecule has 1 aromatic carbocycles. The maximum absolute atomic E-state index is 12.8. The molecule has 1 aromatic rings. The van der Waals surface area contributed by atoms with Crippen molar-refractivity contribution in [3.63, 3.8) is 0 Å². The Morgan fingerprint density at radius 1 is 0.962 bits per heavy atom. The van der Waals surface area contributed by atoms with Gasteiger partial charge in [-0.3, -0.25) is 24.1 Å². The number of carbonyl (C=O) groups is 2. The summed E-state index contributed by atoms with van der Waals surface area (Å²) in [4.78, 5) is 29.4. The normalized spacial score (nSPS) is 22.5. The van der Waals surface area contributed by atoms with Crippen LogP contribution in [-0.4, -0.2) is 65.1 Å². The van der Waals surface area contributed by atoms with Crippen LogP contribution < -0.4 is 0 Å². The molecule has 5 nitrogen and oxygen atoms in total. The van der Waals surface area contributed by atoms with Crippen LogP contribution in [0.2, 0.25) is 0 Å². The van der Waals surface area contributed by atoms with E-state index in [-0.39, 0.29) is 17.9 Å². The lowest BCUT2D eigenvalue weighted by Crippen LogP contribution is -2.52. The first-order valence-corrected chi connectivity index (χ1v) is 9.72. The van der Waals surface area contributed by atoms with Crippen molar-refractivity contribution in [2.24, 2.45) is 0 Å². The molecule has 2 amide bonds. The van der Waals surface area contributed by atoms with Crippen LogP contribution in [0.1, 0.15) is 33.6 Å². The van der Waals surface area contributed by atoms with E-state index in [4.69, 9.17) is 0 Å². The highest BCUT2D eigenvalue weighted by atomic mass is 31.0. The second-order valence-electron chi connectivity index (χ2n) is 7.04. The van der Waals surface area contributed by atoms with E-state index in [1.807, 2.05) is 12.1 Å². The highest BCUT2D eigenvalue weighted by Crippen LogP contribution is 2.27. The molecule has 1 saturated heterocycles. The summed E-state index contributed by atoms with van der Waals surface area (Å²) in [6.07, 6.45) is 8.70. The fourth-order valence-corrected chi connectivity index (χ4v) is 4.17. The van der Waals surface area contributed by atoms with Crippen LogP contribution in [0.4, 0.5) is 0 Å². The Balaban J connectivity index is 1.59. The number of amides is 2. The molecule has 6 heteroatoms. The first-order valence-electron chi connectivity index (χ1n) is 9.20. The maximum Gasteiger partial charge on any atom is 0.261 e. The zero-order valence-corrected chi connectivity index (χ0v) is 16.0. The van der Waals surface area contributed by atoms with Crippen molar-refractivity contribution in [2.75, 3.05) is 32.7 Å². The zero-order valence-electron chi connectivity index (χ0n) is 14.8. The van der Waals surface area contributed by atoms with E-state index in [1.165, 1.54) is 10.5 Å². The average Bonchev–Trinajstić information content (AvgIpc) is 2.92. The van der Waals surface area contributed by atoms with Crippen molar-refractivity contribution < 1.29 is 9.59 Å². The lowest BCUT2D eigenvalue weighted by molar-refractivity contribution is 0.0590. The fourth-order valence-electron chi connectivity index (χ4n) is 3.94. The smallest absolute Gasteiger partial charge is 0.261 e. The third kappa shape index (κ3) is 3.27. The molecule has 4 rings (SSSR count). The summed E-state index contributed by atoms with van der Waals surface area (Å²) in [7, 11) is 2.76. The lowest BCUT2D eigenvalue weighted by atomic mass is 9.97. The number of allylic oxidation sites excluding steroid dienone is 2. The Bertz CT molecular complexity index is 746. The maximum atomic E-state index is 12.8. The number of hydrogen-bond donors (Lipinski definition) is 0. The van der Waals surface area contributed by atoms with Gasteiger partial charge >= 0.3 is 0 Å². The van der Waals surface area contributed by atoms with Crippen molar-refractivity contribution in [2.45, 2.75) is 18.9 Å². The molecule has 0 aromatic heterocycles. The van der Waals surface area contributed by atoms with Crippen LogP contribution in [0.15, 0.2) is 48.1 Å². The van der Waals surface area contributed by atoms with Crippen LogP contribution in [0.5, 0.6) is 0 Å². The van der Waals surface area contributed by atoms with Crippen molar-refractivity contribution in [3.8, 4) is 0 Å². The fraction of sp³-hybridized carbons (Fsp3) is 0.400. The Hall–Kier alpha value is -1.81. The van der Waals surface area contributed by atoms with Gasteiger partial charge in [-0.1, -0.05) is 39.8 Å². The molecule has 2 atom stereocenters. The van der Waals surface area contributed by atoms with Gasteiger partial charge in [0, 0.05) is 32.7 Å². The van der Waals surface area contributed by atoms with Gasteiger partial charge in [-0.15, -0.1) is 0 Å². The van der Waals surface area contributed by atoms with Gasteiger partial charge in [0.1, 0.15) is 0 Å². The molecule has 0 bridgehead atoms. The van der Waals surface area contributed by atoms with Crippen LogP contribution in [0, 0.1) is 0 Å². The molecular weight excluding hydrogens is 345 g/mol. The second-order valence-corrected chi connectivity index (χ2v) is 7.77. The average molecular weight is 369 g/mol. The van der Waals surface area contributed by atoms with Crippen molar-refractivity contribution in [1.82, 2.24) is 14.5 Å². The number of piperazine rings is 1. The number of fused-ring (bicyclic) bond motifs is 1. The molecule has 2 heterocycles. The molecule has 1 fully saturated rings. The summed E-state index contributed by atoms with van der Waals surface area (Å²) in [6.45, 7) is 4.23. The summed E-state index contributed by atoms with van der Waals surface area (Å²) < 4.78 is 2.24. The predicted octanol–water partition coefficient (Wildman–Crippen LogP) is 2.34. The van der Waals surface area contributed by atoms with Gasteiger partial charge in [0.05, 0.1) is 17.2 Å². The summed E-state index contributed by atoms with van der Waals surface area (Å²) in [5.74, 6) is -0.332. The standard InChI is InChI=1S/C20H24N3O2P/c24-19-16-8-4-5-9-17(16)20(25)23(19)14-18(15-6-2-1-3-7-15)21-10-12-22(26)13-11-21/h2,4-9,18H,1,3,10-14,26H2. The second kappa shape index (κ2) is 7.43. The van der Waals surface area contributed by atoms with Crippen LogP contribution in [0.25, 0.3) is 0 Å². The lowest BCUT2D eigenvalue weighted by Gasteiger charge is -2.40. The van der Waals surface area contributed by atoms with Crippen LogP contribution in [0.3, 0.4) is 0 Å². The van der Waals surface area contributed by atoms with E-state index < -0.39 is 0 Å². The highest BCUT2D eigenvalue weighted by molar-refractivity contribution is 7.13. The summed E-state index contributed by atoms with van der Waals surface area (Å²) in [5.41, 5.74) is 2.28. The molecule has 0 saturated carbocycles. The molecule has 2 unspecified atom stereocenters. The van der Waals surface area contributed by atoms with Gasteiger partial charge in [0.2, 0.25) is 0 Å². The van der Waals surface area contributed by atoms with Gasteiger partial charge in [-0.05, 0) is 30.5 Å². The van der Waals surface area contributed by atoms with E-state index in [2.05, 4.69) is 37.2 Å². The number of rotatable bonds is 4. The van der Waals surface area contributed by atoms with Gasteiger partial charge in [-0.25, -0.2) is 0 Å². The molecular formula is C20H24N3O2P. The minimum absolute atomic E-state index is 0.0625. The minimum atomic E-state index is -0.166. The monoisotopic (exact) mass is 369 g/mol. The third-order valence-corrected chi connectivity index (χ3v) is 5.95. The number of nitrogens with zero attached hydrogens (tertiary/aromatic N) is 3. The van der Waals surface area contributed by atoms with Crippen molar-refractivity contribution >= 4 is 21.2 Å². The Kier molecular flexibility index (Phi) is 5.03. The van der Waals surface area contributed by atoms with Crippen molar-refractivity contribution in [3.05, 3.63) is 59.2 Å². The van der Waals surface area contributed by atoms with Gasteiger partial charge < -0.3 is 0 Å². The SMILES string of the molecule is O=C1c2ccccc2C(=O)N1CC(C1=CCCC=C1)N1CCN(P)CC1. The first kappa shape index (κ1) is 17.6. The topological polar surface area (TPSA) is 43.9 Å². The van der Waals surface area contributed by atoms with Gasteiger partial charge in [0.25, 0.3) is 11.8 Å². The summed E-state index contributed by atoms with van der Waals surface area (Å²) in [5, 5.41) is 0. The Morgan fingerprint density at radius 2 is 1.62 bits per heavy atom. The van der Waals surface area contributed by atoms with Gasteiger partial charge in [-0.2, -0.15) is 0 Å². The third-order valence-electron chi connectivity index (χ3n) is 5.43. The Labute approximate surface area is 156 Å². The number of benzene rings is 1. The predicted molar refractivity (Wildman–Crippen MR) is 105 cm³/mol. The van der Waals surface area contributed by atoms with Crippen molar-refractivity contribution in [1.29, 1.82) is 0 Å². The molecule has 0 radical (unpaired) electrons. The minimum Gasteiger partial charge on any atom is -0.292 e. The van der Waals surface area contributed by atoms with E-state index in [0.717, 1.165) is 39.0 Å². The van der Waals surface area contributed by atoms with Crippen LogP contribution in [-0.2, 0) is 0 Å². The van der Waals surface area contributed by atoms with E-state index >= 15 is 0 Å². The number of imide groups is 1. The molecule has 0 spiro atoms. The molecule has 2 aliphatic heterocycles. The number of carbonyl (C=O) groups excluding carboxylic acids is 2. The number of hydrogen-bond acceptors (Lipinski definition) is 4. The Morgan fingerprint density at radius 3 is 2.19 bits per heavy atom. The molecule has 1 aliphatic carbocycles. The van der Waals surface area contributed by atoms with Crippen LogP contribution >= 0.6 is 9.39 Å². The molecule has 26 heavy (non-hydrogen) atoms. The summed E-state index contributed by atoms with van der Waals surface area (Å²) in [6, 6.07) is 7.19. The zero-order chi connectivity index (χ0) is 18.1. The summed E-state index contributed by atoms with van der Waals surface area (Å²) >= 11 is 0. The van der Waals surface area contributed by atoms with E-state index in [0.29, 0.717) is 17.7 Å². The van der Waals surface area contributed by atoms with E-state index in [9.17, 15) is 9.59 Å². The molecule has 3 aliphatic rings. The molecule has 136 valence electrons. The van der Waals surface area contributed by atoms with E-state index in [1.54, 1.807) is 12.1 Å². The molecule has 0 N–H and O–H groups in total. The highest BCUT2D eigenvalue weighted by Gasteiger charge is 2.38. The first-order chi connectivity index (χ1) is 12.6. The quantitative estimate of drug-likeness (QED) is 0.604. The largest absolute Gasteiger partial charge is 0.292 e. The van der Waals surface area contributed by atoms with Gasteiger partial charge in [0.15, 0.2) is 0 Å².